The van der Waals surface area contributed by atoms with E-state index in [1.165, 1.54) is 7.11 Å². The minimum atomic E-state index is -0.183. The average molecular weight is 230 g/mol. The van der Waals surface area contributed by atoms with Crippen molar-refractivity contribution in [3.05, 3.63) is 29.8 Å². The van der Waals surface area contributed by atoms with E-state index >= 15 is 0 Å². The highest BCUT2D eigenvalue weighted by molar-refractivity contribution is 5.82. The van der Waals surface area contributed by atoms with Gasteiger partial charge < -0.3 is 9.64 Å². The lowest BCUT2D eigenvalue weighted by Gasteiger charge is -2.40. The number of carbonyl (C=O) groups is 1. The van der Waals surface area contributed by atoms with Crippen LogP contribution in [0.3, 0.4) is 0 Å². The fraction of sp³-hybridized carbons (Fsp3) is 0.385. The van der Waals surface area contributed by atoms with Crippen molar-refractivity contribution in [3.8, 4) is 6.07 Å². The number of esters is 1. The average Bonchev–Trinajstić information content (AvgIpc) is 2.30. The van der Waals surface area contributed by atoms with Gasteiger partial charge in [0.2, 0.25) is 0 Å². The number of nitriles is 1. The number of hydrogen-bond acceptors (Lipinski definition) is 4. The fourth-order valence-electron chi connectivity index (χ4n) is 1.97. The summed E-state index contributed by atoms with van der Waals surface area (Å²) in [6, 6.07) is 9.69. The van der Waals surface area contributed by atoms with Gasteiger partial charge in [-0.3, -0.25) is 0 Å². The van der Waals surface area contributed by atoms with Gasteiger partial charge in [0.15, 0.2) is 0 Å². The Hall–Kier alpha value is -2.02. The summed E-state index contributed by atoms with van der Waals surface area (Å²) in [4.78, 5) is 13.5. The highest BCUT2D eigenvalue weighted by Gasteiger charge is 2.34. The van der Waals surface area contributed by atoms with Crippen LogP contribution in [-0.2, 0) is 16.0 Å². The van der Waals surface area contributed by atoms with Crippen molar-refractivity contribution >= 4 is 11.7 Å². The lowest BCUT2D eigenvalue weighted by molar-refractivity contribution is -0.143. The molecule has 1 aromatic carbocycles. The molecule has 1 unspecified atom stereocenters. The van der Waals surface area contributed by atoms with E-state index in [2.05, 4.69) is 6.07 Å². The zero-order valence-corrected chi connectivity index (χ0v) is 9.72. The monoisotopic (exact) mass is 230 g/mol. The third-order valence-corrected chi connectivity index (χ3v) is 3.04. The normalized spacial score (nSPS) is 18.1. The molecule has 0 radical (unpaired) electrons. The zero-order chi connectivity index (χ0) is 12.3. The lowest BCUT2D eigenvalue weighted by Crippen LogP contribution is -2.53. The number of nitrogens with zero attached hydrogens (tertiary/aromatic N) is 2. The largest absolute Gasteiger partial charge is 0.467 e. The molecular formula is C13H14N2O2. The van der Waals surface area contributed by atoms with Gasteiger partial charge in [0.25, 0.3) is 0 Å². The summed E-state index contributed by atoms with van der Waals surface area (Å²) in [5.74, 6) is -0.183. The van der Waals surface area contributed by atoms with Gasteiger partial charge in [-0.1, -0.05) is 12.1 Å². The van der Waals surface area contributed by atoms with E-state index < -0.39 is 0 Å². The minimum absolute atomic E-state index is 0.151. The number of benzene rings is 1. The number of carbonyl (C=O) groups excluding carboxylic acids is 1. The van der Waals surface area contributed by atoms with E-state index in [0.29, 0.717) is 6.42 Å². The second kappa shape index (κ2) is 4.88. The van der Waals surface area contributed by atoms with Crippen LogP contribution in [0, 0.1) is 11.3 Å². The van der Waals surface area contributed by atoms with Crippen LogP contribution in [0.2, 0.25) is 0 Å². The summed E-state index contributed by atoms with van der Waals surface area (Å²) in [5, 5.41) is 8.58. The predicted octanol–water partition coefficient (Wildman–Crippen LogP) is 1.50. The number of hydrogen-bond donors (Lipinski definition) is 0. The van der Waals surface area contributed by atoms with Gasteiger partial charge in [-0.05, 0) is 24.1 Å². The van der Waals surface area contributed by atoms with Crippen molar-refractivity contribution < 1.29 is 9.53 Å². The molecule has 0 saturated carbocycles. The Morgan fingerprint density at radius 2 is 2.24 bits per heavy atom. The molecule has 1 saturated heterocycles. The van der Waals surface area contributed by atoms with Gasteiger partial charge >= 0.3 is 5.97 Å². The van der Waals surface area contributed by atoms with Crippen molar-refractivity contribution in [3.63, 3.8) is 0 Å². The van der Waals surface area contributed by atoms with Crippen LogP contribution in [-0.4, -0.2) is 25.7 Å². The third kappa shape index (κ3) is 2.23. The number of rotatable bonds is 3. The molecule has 2 rings (SSSR count). The van der Waals surface area contributed by atoms with Gasteiger partial charge in [0.05, 0.1) is 19.6 Å². The first-order chi connectivity index (χ1) is 8.26. The van der Waals surface area contributed by atoms with Crippen LogP contribution in [0.1, 0.15) is 12.0 Å². The summed E-state index contributed by atoms with van der Waals surface area (Å²) in [7, 11) is 1.41. The molecule has 0 N–H and O–H groups in total. The standard InChI is InChI=1S/C13H14N2O2/c1-17-13(16)12-7-9-15(12)11-4-2-10(3-5-11)6-8-14/h2-5,12H,6-7,9H2,1H3. The fourth-order valence-corrected chi connectivity index (χ4v) is 1.97. The second-order valence-electron chi connectivity index (χ2n) is 4.02. The van der Waals surface area contributed by atoms with Gasteiger partial charge in [-0.15, -0.1) is 0 Å². The maximum Gasteiger partial charge on any atom is 0.328 e. The number of anilines is 1. The van der Waals surface area contributed by atoms with E-state index in [0.717, 1.165) is 24.2 Å². The Labute approximate surface area is 100 Å². The minimum Gasteiger partial charge on any atom is -0.467 e. The van der Waals surface area contributed by atoms with Crippen molar-refractivity contribution in [2.75, 3.05) is 18.6 Å². The Morgan fingerprint density at radius 3 is 2.71 bits per heavy atom. The molecule has 88 valence electrons. The van der Waals surface area contributed by atoms with E-state index in [-0.39, 0.29) is 12.0 Å². The number of ether oxygens (including phenoxy) is 1. The molecule has 1 fully saturated rings. The molecular weight excluding hydrogens is 216 g/mol. The maximum absolute atomic E-state index is 11.4. The van der Waals surface area contributed by atoms with Gasteiger partial charge in [0, 0.05) is 12.2 Å². The molecule has 0 aromatic heterocycles. The Kier molecular flexibility index (Phi) is 3.29. The molecule has 1 heterocycles. The molecule has 1 atom stereocenters. The first-order valence-electron chi connectivity index (χ1n) is 5.56. The maximum atomic E-state index is 11.4. The molecule has 17 heavy (non-hydrogen) atoms. The van der Waals surface area contributed by atoms with Crippen molar-refractivity contribution in [2.24, 2.45) is 0 Å². The number of methoxy groups -OCH3 is 1. The molecule has 1 aliphatic heterocycles. The zero-order valence-electron chi connectivity index (χ0n) is 9.72. The SMILES string of the molecule is COC(=O)C1CCN1c1ccc(CC#N)cc1. The Bertz CT molecular complexity index is 447. The van der Waals surface area contributed by atoms with Crippen molar-refractivity contribution in [1.82, 2.24) is 0 Å². The van der Waals surface area contributed by atoms with Crippen LogP contribution >= 0.6 is 0 Å². The van der Waals surface area contributed by atoms with Gasteiger partial charge in [-0.25, -0.2) is 4.79 Å². The first kappa shape index (κ1) is 11.5. The molecule has 4 nitrogen and oxygen atoms in total. The summed E-state index contributed by atoms with van der Waals surface area (Å²) >= 11 is 0. The van der Waals surface area contributed by atoms with Crippen molar-refractivity contribution in [1.29, 1.82) is 5.26 Å². The van der Waals surface area contributed by atoms with Crippen LogP contribution in [0.4, 0.5) is 5.69 Å². The van der Waals surface area contributed by atoms with Crippen LogP contribution < -0.4 is 4.90 Å². The summed E-state index contributed by atoms with van der Waals surface area (Å²) in [6.45, 7) is 0.872. The molecule has 0 amide bonds. The second-order valence-corrected chi connectivity index (χ2v) is 4.02. The third-order valence-electron chi connectivity index (χ3n) is 3.04. The van der Waals surface area contributed by atoms with Crippen LogP contribution in [0.15, 0.2) is 24.3 Å². The van der Waals surface area contributed by atoms with Gasteiger partial charge in [-0.2, -0.15) is 5.26 Å². The van der Waals surface area contributed by atoms with E-state index in [4.69, 9.17) is 10.00 Å². The van der Waals surface area contributed by atoms with E-state index in [1.54, 1.807) is 0 Å². The van der Waals surface area contributed by atoms with E-state index in [1.807, 2.05) is 29.2 Å². The summed E-state index contributed by atoms with van der Waals surface area (Å²) in [5.41, 5.74) is 2.00. The molecule has 1 aliphatic rings. The highest BCUT2D eigenvalue weighted by atomic mass is 16.5. The van der Waals surface area contributed by atoms with Crippen molar-refractivity contribution in [2.45, 2.75) is 18.9 Å². The molecule has 1 aromatic rings. The van der Waals surface area contributed by atoms with Crippen LogP contribution in [0.25, 0.3) is 0 Å². The first-order valence-corrected chi connectivity index (χ1v) is 5.56. The summed E-state index contributed by atoms with van der Waals surface area (Å²) in [6.07, 6.45) is 1.26. The summed E-state index contributed by atoms with van der Waals surface area (Å²) < 4.78 is 4.74. The van der Waals surface area contributed by atoms with Crippen LogP contribution in [0.5, 0.6) is 0 Å². The Balaban J connectivity index is 2.08. The van der Waals surface area contributed by atoms with E-state index in [9.17, 15) is 4.79 Å². The molecule has 0 bridgehead atoms. The van der Waals surface area contributed by atoms with Gasteiger partial charge in [0.1, 0.15) is 6.04 Å². The quantitative estimate of drug-likeness (QED) is 0.738. The lowest BCUT2D eigenvalue weighted by atomic mass is 10.0. The molecule has 0 spiro atoms. The predicted molar refractivity (Wildman–Crippen MR) is 63.5 cm³/mol. The molecule has 0 aliphatic carbocycles. The topological polar surface area (TPSA) is 53.3 Å². The molecule has 4 heteroatoms. The highest BCUT2D eigenvalue weighted by Crippen LogP contribution is 2.27. The Morgan fingerprint density at radius 1 is 1.53 bits per heavy atom. The smallest absolute Gasteiger partial charge is 0.328 e.